The zero-order valence-electron chi connectivity index (χ0n) is 46.0. The number of rotatable bonds is 6. The summed E-state index contributed by atoms with van der Waals surface area (Å²) in [7, 11) is -6.97. The Labute approximate surface area is 491 Å². The van der Waals surface area contributed by atoms with Gasteiger partial charge in [-0.2, -0.15) is 0 Å². The van der Waals surface area contributed by atoms with Gasteiger partial charge in [-0.3, -0.25) is 13.8 Å². The Morgan fingerprint density at radius 3 is 1.53 bits per heavy atom. The number of pyridine rings is 3. The fourth-order valence-electron chi connectivity index (χ4n) is 13.3. The Kier molecular flexibility index (Phi) is 11.3. The van der Waals surface area contributed by atoms with Crippen LogP contribution in [0.25, 0.3) is 120 Å². The smallest absolute Gasteiger partial charge is 0.207 e. The zero-order chi connectivity index (χ0) is 57.1. The van der Waals surface area contributed by atoms with Crippen molar-refractivity contribution in [1.29, 1.82) is 0 Å². The number of hydrogen-bond donors (Lipinski definition) is 0. The fraction of sp³-hybridized carbons (Fsp3) is 0. The molecule has 0 aliphatic carbocycles. The molecule has 6 aromatic heterocycles. The molecule has 86 heavy (non-hydrogen) atoms. The number of para-hydroxylation sites is 7. The third-order valence-corrected chi connectivity index (χ3v) is 23.1. The first kappa shape index (κ1) is 49.9. The minimum absolute atomic E-state index is 0.325. The fourth-order valence-corrected chi connectivity index (χ4v) is 18.8. The summed E-state index contributed by atoms with van der Waals surface area (Å²) in [5.74, 6) is 0. The lowest BCUT2D eigenvalue weighted by Gasteiger charge is -2.23. The van der Waals surface area contributed by atoms with E-state index in [1.54, 1.807) is 18.6 Å². The molecule has 0 N–H and O–H groups in total. The van der Waals surface area contributed by atoms with Crippen molar-refractivity contribution in [2.24, 2.45) is 0 Å². The molecule has 0 saturated carbocycles. The van der Waals surface area contributed by atoms with Crippen molar-refractivity contribution in [1.82, 2.24) is 33.7 Å². The molecule has 6 heterocycles. The number of benzene rings is 12. The molecule has 18 aromatic rings. The summed E-state index contributed by atoms with van der Waals surface area (Å²) >= 11 is 0. The summed E-state index contributed by atoms with van der Waals surface area (Å²) in [6, 6.07) is 90.0. The molecule has 9 nitrogen and oxygen atoms in total. The third-order valence-electron chi connectivity index (χ3n) is 17.1. The Bertz CT molecular complexity index is 5950. The molecule has 0 aliphatic heterocycles. The maximum atomic E-state index is 16.1. The normalized spacial score (nSPS) is 13.4. The first-order valence-electron chi connectivity index (χ1n) is 28.6. The van der Waals surface area contributed by atoms with E-state index in [0.717, 1.165) is 136 Å². The average Bonchev–Trinajstić information content (AvgIpc) is 1.31. The van der Waals surface area contributed by atoms with Gasteiger partial charge in [0.15, 0.2) is 12.7 Å². The Balaban J connectivity index is 0.000000134. The summed E-state index contributed by atoms with van der Waals surface area (Å²) in [5, 5.41) is 17.1. The van der Waals surface area contributed by atoms with E-state index in [2.05, 4.69) is 147 Å². The average molecular weight is 1140 g/mol. The van der Waals surface area contributed by atoms with Gasteiger partial charge in [-0.25, -0.2) is 19.9 Å². The van der Waals surface area contributed by atoms with E-state index >= 15 is 9.13 Å². The minimum atomic E-state index is -3.61. The molecule has 0 bridgehead atoms. The quantitative estimate of drug-likeness (QED) is 0.121. The Hall–Kier alpha value is -10.7. The van der Waals surface area contributed by atoms with Gasteiger partial charge in [-0.15, -0.1) is 0 Å². The molecule has 2 unspecified atom stereocenters. The lowest BCUT2D eigenvalue weighted by Crippen LogP contribution is -2.30. The van der Waals surface area contributed by atoms with Crippen molar-refractivity contribution < 1.29 is 9.13 Å². The van der Waals surface area contributed by atoms with Gasteiger partial charge < -0.3 is 9.13 Å². The summed E-state index contributed by atoms with van der Waals surface area (Å²) in [6.07, 6.45) is 5.26. The highest BCUT2D eigenvalue weighted by atomic mass is 31.2. The van der Waals surface area contributed by atoms with E-state index in [4.69, 9.17) is 19.9 Å². The zero-order valence-corrected chi connectivity index (χ0v) is 47.8. The van der Waals surface area contributed by atoms with Gasteiger partial charge >= 0.3 is 0 Å². The van der Waals surface area contributed by atoms with Gasteiger partial charge in [-0.1, -0.05) is 194 Å². The monoisotopic (exact) mass is 1140 g/mol. The van der Waals surface area contributed by atoms with Crippen LogP contribution in [0.2, 0.25) is 0 Å². The van der Waals surface area contributed by atoms with Gasteiger partial charge in [0.05, 0.1) is 38.6 Å². The van der Waals surface area contributed by atoms with Crippen molar-refractivity contribution in [3.8, 4) is 0 Å². The molecule has 12 aromatic carbocycles. The Morgan fingerprint density at radius 1 is 0.302 bits per heavy atom. The maximum absolute atomic E-state index is 16.1. The SMILES string of the molecule is O=P(c1ccccc1)(c1ncc2ccccc2n1)c1cc2ccccc2c2c1c1ccccc1n1c3ccccc3nc21.O=P(c1ccncc1)(c1ccc2ccccc2c1)c1cc2c3ccccc3n3c4ccccc4nc3c2c2ccccc12. The highest BCUT2D eigenvalue weighted by molar-refractivity contribution is 7.86. The number of nitrogens with zero attached hydrogens (tertiary/aromatic N) is 7. The number of fused-ring (bicyclic) bond motifs is 22. The molecule has 0 spiro atoms. The van der Waals surface area contributed by atoms with Crippen LogP contribution in [0.1, 0.15) is 0 Å². The molecule has 0 aliphatic rings. The van der Waals surface area contributed by atoms with Crippen LogP contribution in [0.4, 0.5) is 0 Å². The highest BCUT2D eigenvalue weighted by Crippen LogP contribution is 2.50. The second kappa shape index (κ2) is 19.4. The number of imidazole rings is 2. The third kappa shape index (κ3) is 7.42. The highest BCUT2D eigenvalue weighted by Gasteiger charge is 2.37. The van der Waals surface area contributed by atoms with Gasteiger partial charge in [0, 0.05) is 77.4 Å². The number of aromatic nitrogens is 7. The molecule has 2 atom stereocenters. The summed E-state index contributed by atoms with van der Waals surface area (Å²) in [6.45, 7) is 0. The van der Waals surface area contributed by atoms with Crippen molar-refractivity contribution >= 4 is 166 Å². The van der Waals surface area contributed by atoms with Crippen molar-refractivity contribution in [3.63, 3.8) is 0 Å². The van der Waals surface area contributed by atoms with E-state index in [-0.39, 0.29) is 0 Å². The lowest BCUT2D eigenvalue weighted by atomic mass is 9.99. The summed E-state index contributed by atoms with van der Waals surface area (Å²) in [5.41, 5.74) is 8.89. The topological polar surface area (TPSA) is 107 Å². The predicted molar refractivity (Wildman–Crippen MR) is 358 cm³/mol. The van der Waals surface area contributed by atoms with Crippen LogP contribution in [0.15, 0.2) is 286 Å². The van der Waals surface area contributed by atoms with E-state index in [1.807, 2.05) is 133 Å². The predicted octanol–water partition coefficient (Wildman–Crippen LogP) is 15.7. The maximum Gasteiger partial charge on any atom is 0.207 e. The van der Waals surface area contributed by atoms with Crippen LogP contribution < -0.4 is 32.1 Å². The van der Waals surface area contributed by atoms with Crippen LogP contribution in [0, 0.1) is 0 Å². The molecule has 11 heteroatoms. The van der Waals surface area contributed by atoms with Crippen LogP contribution in [-0.2, 0) is 9.13 Å². The molecule has 0 fully saturated rings. The molecule has 0 saturated heterocycles. The second-order valence-corrected chi connectivity index (χ2v) is 27.2. The molecule has 404 valence electrons. The largest absolute Gasteiger partial charge is 0.309 e. The van der Waals surface area contributed by atoms with Gasteiger partial charge in [0.1, 0.15) is 11.3 Å². The van der Waals surface area contributed by atoms with E-state index in [1.165, 1.54) is 0 Å². The minimum Gasteiger partial charge on any atom is -0.309 e. The molecule has 18 rings (SSSR count). The Morgan fingerprint density at radius 2 is 0.826 bits per heavy atom. The van der Waals surface area contributed by atoms with Crippen molar-refractivity contribution in [2.45, 2.75) is 0 Å². The van der Waals surface area contributed by atoms with Crippen molar-refractivity contribution in [3.05, 3.63) is 286 Å². The van der Waals surface area contributed by atoms with E-state index in [0.29, 0.717) is 16.2 Å². The first-order valence-corrected chi connectivity index (χ1v) is 32.0. The van der Waals surface area contributed by atoms with Crippen LogP contribution in [0.3, 0.4) is 0 Å². The first-order chi connectivity index (χ1) is 42.4. The van der Waals surface area contributed by atoms with E-state index in [9.17, 15) is 0 Å². The molecule has 0 radical (unpaired) electrons. The van der Waals surface area contributed by atoms with Crippen LogP contribution >= 0.6 is 14.3 Å². The second-order valence-electron chi connectivity index (χ2n) is 21.8. The van der Waals surface area contributed by atoms with Gasteiger partial charge in [0.2, 0.25) is 7.14 Å². The van der Waals surface area contributed by atoms with Crippen molar-refractivity contribution in [2.75, 3.05) is 0 Å². The van der Waals surface area contributed by atoms with E-state index < -0.39 is 14.3 Å². The van der Waals surface area contributed by atoms with Gasteiger partial charge in [-0.05, 0) is 110 Å². The standard InChI is InChI=1S/C38H24N3OP.C37H23N4OP/c42-43(27-19-21-39-22-20-27,28-18-17-25-9-1-2-10-26(25)23-28)36-24-32-29-11-5-7-15-34(29)41-35-16-8-6-14-33(35)40-38(41)37(32)31-13-4-3-12-30(31)36;42-43(26-14-2-1-3-15-26,37-38-23-25-13-5-8-18-29(25)40-37)33-22-24-12-4-6-16-27(24)35-34(33)28-17-7-10-20-31(28)41-32-21-11-9-19-30(32)39-36(35)41/h1-24H;1-23H. The van der Waals surface area contributed by atoms with Crippen LogP contribution in [-0.4, -0.2) is 33.7 Å². The molecular weight excluding hydrogens is 1090 g/mol. The summed E-state index contributed by atoms with van der Waals surface area (Å²) in [4.78, 5) is 24.4. The molecule has 0 amide bonds. The molecular formula is C75H47N7O2P2. The van der Waals surface area contributed by atoms with Gasteiger partial charge in [0.25, 0.3) is 0 Å². The lowest BCUT2D eigenvalue weighted by molar-refractivity contribution is 0.591. The number of hydrogen-bond acceptors (Lipinski definition) is 7. The summed E-state index contributed by atoms with van der Waals surface area (Å²) < 4.78 is 36.6. The van der Waals surface area contributed by atoms with Crippen LogP contribution in [0.5, 0.6) is 0 Å².